The Labute approximate surface area is 77.6 Å². The Hall–Kier alpha value is -1.10. The molecule has 5 nitrogen and oxygen atoms in total. The van der Waals surface area contributed by atoms with E-state index in [2.05, 4.69) is 10.1 Å². The van der Waals surface area contributed by atoms with Gasteiger partial charge in [-0.05, 0) is 13.3 Å². The summed E-state index contributed by atoms with van der Waals surface area (Å²) in [6.45, 7) is 2.09. The van der Waals surface area contributed by atoms with Crippen molar-refractivity contribution in [1.82, 2.24) is 5.32 Å². The number of hydrogen-bond donors (Lipinski definition) is 2. The van der Waals surface area contributed by atoms with Gasteiger partial charge in [0.2, 0.25) is 5.91 Å². The number of nitrogens with two attached hydrogens (primary N) is 1. The lowest BCUT2D eigenvalue weighted by Crippen LogP contribution is -2.39. The molecule has 0 rings (SSSR count). The zero-order valence-electron chi connectivity index (χ0n) is 8.00. The van der Waals surface area contributed by atoms with Crippen molar-refractivity contribution in [3.05, 3.63) is 0 Å². The van der Waals surface area contributed by atoms with Gasteiger partial charge in [-0.1, -0.05) is 0 Å². The molecule has 1 unspecified atom stereocenters. The van der Waals surface area contributed by atoms with E-state index in [1.807, 2.05) is 0 Å². The zero-order valence-corrected chi connectivity index (χ0v) is 8.00. The SMILES string of the molecule is CCOC(=O)CCC(N)C(=O)NC. The van der Waals surface area contributed by atoms with Crippen LogP contribution in [0.15, 0.2) is 0 Å². The van der Waals surface area contributed by atoms with E-state index in [1.54, 1.807) is 6.92 Å². The first kappa shape index (κ1) is 11.9. The van der Waals surface area contributed by atoms with Crippen molar-refractivity contribution in [3.63, 3.8) is 0 Å². The summed E-state index contributed by atoms with van der Waals surface area (Å²) in [7, 11) is 1.51. The van der Waals surface area contributed by atoms with Gasteiger partial charge >= 0.3 is 5.97 Å². The largest absolute Gasteiger partial charge is 0.466 e. The van der Waals surface area contributed by atoms with Gasteiger partial charge in [0.05, 0.1) is 12.6 Å². The number of amides is 1. The summed E-state index contributed by atoms with van der Waals surface area (Å²) in [6.07, 6.45) is 0.501. The molecule has 0 fully saturated rings. The van der Waals surface area contributed by atoms with Gasteiger partial charge in [0.25, 0.3) is 0 Å². The Morgan fingerprint density at radius 1 is 1.54 bits per heavy atom. The summed E-state index contributed by atoms with van der Waals surface area (Å²) in [6, 6.07) is -0.630. The van der Waals surface area contributed by atoms with E-state index in [1.165, 1.54) is 7.05 Å². The minimum Gasteiger partial charge on any atom is -0.466 e. The lowest BCUT2D eigenvalue weighted by molar-refractivity contribution is -0.143. The molecule has 0 aliphatic heterocycles. The summed E-state index contributed by atoms with van der Waals surface area (Å²) < 4.78 is 4.68. The van der Waals surface area contributed by atoms with E-state index in [0.29, 0.717) is 13.0 Å². The highest BCUT2D eigenvalue weighted by atomic mass is 16.5. The molecule has 0 saturated heterocycles. The van der Waals surface area contributed by atoms with E-state index in [9.17, 15) is 9.59 Å². The molecule has 0 saturated carbocycles. The van der Waals surface area contributed by atoms with Crippen molar-refractivity contribution in [2.75, 3.05) is 13.7 Å². The molecule has 0 aromatic rings. The molecular weight excluding hydrogens is 172 g/mol. The Kier molecular flexibility index (Phi) is 5.88. The van der Waals surface area contributed by atoms with Crippen LogP contribution in [0.3, 0.4) is 0 Å². The molecule has 0 aromatic carbocycles. The predicted molar refractivity (Wildman–Crippen MR) is 47.9 cm³/mol. The van der Waals surface area contributed by atoms with Crippen LogP contribution in [-0.2, 0) is 14.3 Å². The highest BCUT2D eigenvalue weighted by Gasteiger charge is 2.13. The van der Waals surface area contributed by atoms with Crippen LogP contribution in [-0.4, -0.2) is 31.6 Å². The van der Waals surface area contributed by atoms with E-state index in [4.69, 9.17) is 5.73 Å². The molecular formula is C8H16N2O3. The maximum absolute atomic E-state index is 10.9. The fourth-order valence-electron chi connectivity index (χ4n) is 0.823. The second kappa shape index (κ2) is 6.42. The maximum atomic E-state index is 10.9. The summed E-state index contributed by atoms with van der Waals surface area (Å²) in [4.78, 5) is 21.7. The molecule has 0 radical (unpaired) electrons. The van der Waals surface area contributed by atoms with Gasteiger partial charge in [-0.15, -0.1) is 0 Å². The standard InChI is InChI=1S/C8H16N2O3/c1-3-13-7(11)5-4-6(9)8(12)10-2/h6H,3-5,9H2,1-2H3,(H,10,12). The van der Waals surface area contributed by atoms with Crippen LogP contribution in [0.25, 0.3) is 0 Å². The van der Waals surface area contributed by atoms with Crippen molar-refractivity contribution >= 4 is 11.9 Å². The smallest absolute Gasteiger partial charge is 0.305 e. The minimum absolute atomic E-state index is 0.183. The lowest BCUT2D eigenvalue weighted by atomic mass is 10.1. The number of likely N-dealkylation sites (N-methyl/N-ethyl adjacent to an activating group) is 1. The van der Waals surface area contributed by atoms with Crippen LogP contribution in [0.1, 0.15) is 19.8 Å². The number of ether oxygens (including phenoxy) is 1. The molecule has 3 N–H and O–H groups in total. The fraction of sp³-hybridized carbons (Fsp3) is 0.750. The number of hydrogen-bond acceptors (Lipinski definition) is 4. The quantitative estimate of drug-likeness (QED) is 0.565. The molecule has 0 bridgehead atoms. The van der Waals surface area contributed by atoms with Crippen molar-refractivity contribution in [2.24, 2.45) is 5.73 Å². The molecule has 0 heterocycles. The van der Waals surface area contributed by atoms with Gasteiger partial charge in [0, 0.05) is 13.5 Å². The van der Waals surface area contributed by atoms with Gasteiger partial charge in [-0.2, -0.15) is 0 Å². The molecule has 1 amide bonds. The fourth-order valence-corrected chi connectivity index (χ4v) is 0.823. The topological polar surface area (TPSA) is 81.4 Å². The second-order valence-electron chi connectivity index (χ2n) is 2.56. The highest BCUT2D eigenvalue weighted by molar-refractivity contribution is 5.81. The first-order valence-corrected chi connectivity index (χ1v) is 4.24. The molecule has 0 aromatic heterocycles. The number of esters is 1. The normalized spacial score (nSPS) is 11.9. The van der Waals surface area contributed by atoms with Gasteiger partial charge in [0.1, 0.15) is 0 Å². The lowest BCUT2D eigenvalue weighted by Gasteiger charge is -2.08. The number of carbonyl (C=O) groups is 2. The van der Waals surface area contributed by atoms with Gasteiger partial charge in [0.15, 0.2) is 0 Å². The summed E-state index contributed by atoms with van der Waals surface area (Å²) >= 11 is 0. The zero-order chi connectivity index (χ0) is 10.3. The third kappa shape index (κ3) is 5.19. The number of nitrogens with one attached hydrogen (secondary N) is 1. The third-order valence-electron chi connectivity index (χ3n) is 1.55. The Balaban J connectivity index is 3.63. The van der Waals surface area contributed by atoms with Crippen molar-refractivity contribution < 1.29 is 14.3 Å². The summed E-state index contributed by atoms with van der Waals surface area (Å²) in [5.74, 6) is -0.578. The molecule has 0 aliphatic carbocycles. The maximum Gasteiger partial charge on any atom is 0.305 e. The molecule has 76 valence electrons. The van der Waals surface area contributed by atoms with E-state index in [0.717, 1.165) is 0 Å². The van der Waals surface area contributed by atoms with Gasteiger partial charge < -0.3 is 15.8 Å². The molecule has 1 atom stereocenters. The second-order valence-corrected chi connectivity index (χ2v) is 2.56. The van der Waals surface area contributed by atoms with Crippen LogP contribution in [0, 0.1) is 0 Å². The molecule has 0 spiro atoms. The summed E-state index contributed by atoms with van der Waals surface area (Å²) in [5, 5.41) is 2.40. The van der Waals surface area contributed by atoms with Crippen molar-refractivity contribution in [1.29, 1.82) is 0 Å². The van der Waals surface area contributed by atoms with Gasteiger partial charge in [-0.25, -0.2) is 0 Å². The van der Waals surface area contributed by atoms with Crippen LogP contribution in [0.5, 0.6) is 0 Å². The number of rotatable bonds is 5. The molecule has 5 heteroatoms. The Morgan fingerprint density at radius 3 is 2.62 bits per heavy atom. The molecule has 13 heavy (non-hydrogen) atoms. The predicted octanol–water partition coefficient (Wildman–Crippen LogP) is -0.597. The molecule has 0 aliphatic rings. The first-order chi connectivity index (χ1) is 6.11. The van der Waals surface area contributed by atoms with Crippen LogP contribution in [0.4, 0.5) is 0 Å². The highest BCUT2D eigenvalue weighted by Crippen LogP contribution is 1.96. The van der Waals surface area contributed by atoms with Crippen LogP contribution < -0.4 is 11.1 Å². The number of carbonyl (C=O) groups excluding carboxylic acids is 2. The third-order valence-corrected chi connectivity index (χ3v) is 1.55. The van der Waals surface area contributed by atoms with Gasteiger partial charge in [-0.3, -0.25) is 9.59 Å². The van der Waals surface area contributed by atoms with E-state index in [-0.39, 0.29) is 18.3 Å². The first-order valence-electron chi connectivity index (χ1n) is 4.24. The van der Waals surface area contributed by atoms with E-state index >= 15 is 0 Å². The average molecular weight is 188 g/mol. The monoisotopic (exact) mass is 188 g/mol. The van der Waals surface area contributed by atoms with Crippen LogP contribution >= 0.6 is 0 Å². The summed E-state index contributed by atoms with van der Waals surface area (Å²) in [5.41, 5.74) is 5.45. The van der Waals surface area contributed by atoms with Crippen molar-refractivity contribution in [3.8, 4) is 0 Å². The average Bonchev–Trinajstić information content (AvgIpc) is 2.13. The van der Waals surface area contributed by atoms with Crippen LogP contribution in [0.2, 0.25) is 0 Å². The minimum atomic E-state index is -0.630. The van der Waals surface area contributed by atoms with Crippen molar-refractivity contribution in [2.45, 2.75) is 25.8 Å². The van der Waals surface area contributed by atoms with E-state index < -0.39 is 6.04 Å². The Bertz CT molecular complexity index is 182. The Morgan fingerprint density at radius 2 is 2.15 bits per heavy atom.